The van der Waals surface area contributed by atoms with Gasteiger partial charge in [0.15, 0.2) is 0 Å². The minimum Gasteiger partial charge on any atom is -0.488 e. The summed E-state index contributed by atoms with van der Waals surface area (Å²) in [6.45, 7) is 14.2. The second-order valence-electron chi connectivity index (χ2n) is 8.40. The highest BCUT2D eigenvalue weighted by Gasteiger charge is 2.24. The van der Waals surface area contributed by atoms with Gasteiger partial charge in [-0.2, -0.15) is 0 Å². The van der Waals surface area contributed by atoms with Crippen molar-refractivity contribution < 1.29 is 14.3 Å². The number of esters is 1. The van der Waals surface area contributed by atoms with Crippen LogP contribution >= 0.6 is 0 Å². The number of carbonyl (C=O) groups is 1. The lowest BCUT2D eigenvalue weighted by Gasteiger charge is -2.27. The minimum absolute atomic E-state index is 0.118. The van der Waals surface area contributed by atoms with E-state index in [4.69, 9.17) is 9.47 Å². The van der Waals surface area contributed by atoms with Crippen molar-refractivity contribution in [2.24, 2.45) is 0 Å². The molecule has 0 fully saturated rings. The van der Waals surface area contributed by atoms with Gasteiger partial charge in [-0.05, 0) is 70.0 Å². The molecule has 2 aromatic rings. The molecule has 0 spiro atoms. The summed E-state index contributed by atoms with van der Waals surface area (Å²) in [6, 6.07) is 15.9. The number of hydrogen-bond acceptors (Lipinski definition) is 3. The van der Waals surface area contributed by atoms with Gasteiger partial charge in [0.05, 0.1) is 11.7 Å². The largest absolute Gasteiger partial charge is 0.488 e. The molecule has 3 heteroatoms. The summed E-state index contributed by atoms with van der Waals surface area (Å²) >= 11 is 0. The first-order chi connectivity index (χ1) is 12.0. The summed E-state index contributed by atoms with van der Waals surface area (Å²) in [6.07, 6.45) is -0.118. The third-order valence-electron chi connectivity index (χ3n) is 4.19. The van der Waals surface area contributed by atoms with Crippen LogP contribution < -0.4 is 4.74 Å². The molecule has 26 heavy (non-hydrogen) atoms. The molecule has 3 nitrogen and oxygen atoms in total. The van der Waals surface area contributed by atoms with E-state index < -0.39 is 0 Å². The Kier molecular flexibility index (Phi) is 5.80. The molecule has 0 aliphatic heterocycles. The Morgan fingerprint density at radius 3 is 1.69 bits per heavy atom. The summed E-state index contributed by atoms with van der Waals surface area (Å²) in [4.78, 5) is 12.0. The van der Waals surface area contributed by atoms with Crippen molar-refractivity contribution >= 4 is 5.97 Å². The standard InChI is InChI=1S/C23H30O3/c1-16(2)25-21(24)17-8-10-18(11-9-17)23(6,7)19-12-14-20(15-13-19)26-22(3,4)5/h8-16H,1-7H3. The predicted molar refractivity (Wildman–Crippen MR) is 106 cm³/mol. The number of benzene rings is 2. The van der Waals surface area contributed by atoms with Crippen LogP contribution in [0.25, 0.3) is 0 Å². The number of rotatable bonds is 5. The summed E-state index contributed by atoms with van der Waals surface area (Å²) in [5.41, 5.74) is 2.52. The van der Waals surface area contributed by atoms with Crippen molar-refractivity contribution in [3.8, 4) is 5.75 Å². The van der Waals surface area contributed by atoms with Crippen molar-refractivity contribution in [3.63, 3.8) is 0 Å². The predicted octanol–water partition coefficient (Wildman–Crippen LogP) is 5.76. The molecule has 0 amide bonds. The van der Waals surface area contributed by atoms with Gasteiger partial charge in [0.1, 0.15) is 11.4 Å². The van der Waals surface area contributed by atoms with Crippen molar-refractivity contribution in [1.29, 1.82) is 0 Å². The SMILES string of the molecule is CC(C)OC(=O)c1ccc(C(C)(C)c2ccc(OC(C)(C)C)cc2)cc1. The molecule has 0 bridgehead atoms. The van der Waals surface area contributed by atoms with E-state index in [1.54, 1.807) is 0 Å². The molecule has 0 aliphatic carbocycles. The number of ether oxygens (including phenoxy) is 2. The van der Waals surface area contributed by atoms with Crippen LogP contribution in [0.15, 0.2) is 48.5 Å². The van der Waals surface area contributed by atoms with Crippen LogP contribution in [0.1, 0.15) is 70.0 Å². The third kappa shape index (κ3) is 5.10. The first-order valence-electron chi connectivity index (χ1n) is 9.10. The maximum Gasteiger partial charge on any atom is 0.338 e. The molecule has 0 N–H and O–H groups in total. The maximum atomic E-state index is 12.0. The lowest BCUT2D eigenvalue weighted by atomic mass is 9.78. The Balaban J connectivity index is 2.20. The van der Waals surface area contributed by atoms with Gasteiger partial charge in [0, 0.05) is 5.41 Å². The number of hydrogen-bond donors (Lipinski definition) is 0. The van der Waals surface area contributed by atoms with Gasteiger partial charge in [-0.15, -0.1) is 0 Å². The van der Waals surface area contributed by atoms with Crippen LogP contribution in [-0.2, 0) is 10.2 Å². The van der Waals surface area contributed by atoms with Gasteiger partial charge in [-0.3, -0.25) is 0 Å². The van der Waals surface area contributed by atoms with Crippen LogP contribution in [0.4, 0.5) is 0 Å². The smallest absolute Gasteiger partial charge is 0.338 e. The highest BCUT2D eigenvalue weighted by Crippen LogP contribution is 2.33. The Bertz CT molecular complexity index is 733. The van der Waals surface area contributed by atoms with Gasteiger partial charge in [-0.25, -0.2) is 4.79 Å². The highest BCUT2D eigenvalue weighted by atomic mass is 16.5. The minimum atomic E-state index is -0.284. The van der Waals surface area contributed by atoms with Crippen LogP contribution in [0.3, 0.4) is 0 Å². The quantitative estimate of drug-likeness (QED) is 0.641. The summed E-state index contributed by atoms with van der Waals surface area (Å²) in [7, 11) is 0. The van der Waals surface area contributed by atoms with Crippen LogP contribution in [0.2, 0.25) is 0 Å². The molecule has 0 unspecified atom stereocenters. The van der Waals surface area contributed by atoms with Crippen molar-refractivity contribution in [3.05, 3.63) is 65.2 Å². The Morgan fingerprint density at radius 2 is 1.27 bits per heavy atom. The van der Waals surface area contributed by atoms with E-state index in [0.29, 0.717) is 5.56 Å². The lowest BCUT2D eigenvalue weighted by Crippen LogP contribution is -2.23. The molecule has 0 heterocycles. The fourth-order valence-electron chi connectivity index (χ4n) is 2.76. The molecule has 2 rings (SSSR count). The first kappa shape index (κ1) is 20.0. The van der Waals surface area contributed by atoms with E-state index in [1.165, 1.54) is 5.56 Å². The molecule has 0 atom stereocenters. The maximum absolute atomic E-state index is 12.0. The Labute approximate surface area is 157 Å². The summed E-state index contributed by atoms with van der Waals surface area (Å²) in [5.74, 6) is 0.580. The van der Waals surface area contributed by atoms with Crippen molar-refractivity contribution in [1.82, 2.24) is 0 Å². The fourth-order valence-corrected chi connectivity index (χ4v) is 2.76. The van der Waals surface area contributed by atoms with Crippen LogP contribution in [0, 0.1) is 0 Å². The highest BCUT2D eigenvalue weighted by molar-refractivity contribution is 5.89. The van der Waals surface area contributed by atoms with Crippen molar-refractivity contribution in [2.75, 3.05) is 0 Å². The van der Waals surface area contributed by atoms with Gasteiger partial charge < -0.3 is 9.47 Å². The normalized spacial score (nSPS) is 12.2. The first-order valence-corrected chi connectivity index (χ1v) is 9.10. The van der Waals surface area contributed by atoms with Crippen LogP contribution in [-0.4, -0.2) is 17.7 Å². The summed E-state index contributed by atoms with van der Waals surface area (Å²) in [5, 5.41) is 0. The van der Waals surface area contributed by atoms with Gasteiger partial charge in [-0.1, -0.05) is 38.1 Å². The fraction of sp³-hybridized carbons (Fsp3) is 0.435. The van der Waals surface area contributed by atoms with Gasteiger partial charge in [0.25, 0.3) is 0 Å². The average Bonchev–Trinajstić information content (AvgIpc) is 2.53. The Morgan fingerprint density at radius 1 is 0.808 bits per heavy atom. The van der Waals surface area contributed by atoms with Gasteiger partial charge >= 0.3 is 5.97 Å². The lowest BCUT2D eigenvalue weighted by molar-refractivity contribution is 0.0378. The number of carbonyl (C=O) groups excluding carboxylic acids is 1. The molecule has 0 aromatic heterocycles. The Hall–Kier alpha value is -2.29. The molecular weight excluding hydrogens is 324 g/mol. The average molecular weight is 354 g/mol. The van der Waals surface area contributed by atoms with E-state index >= 15 is 0 Å². The molecule has 0 saturated carbocycles. The van der Waals surface area contributed by atoms with Crippen molar-refractivity contribution in [2.45, 2.75) is 65.6 Å². The van der Waals surface area contributed by atoms with E-state index in [0.717, 1.165) is 11.3 Å². The topological polar surface area (TPSA) is 35.5 Å². The van der Waals surface area contributed by atoms with Gasteiger partial charge in [0.2, 0.25) is 0 Å². The summed E-state index contributed by atoms with van der Waals surface area (Å²) < 4.78 is 11.1. The van der Waals surface area contributed by atoms with E-state index in [-0.39, 0.29) is 23.1 Å². The molecule has 0 radical (unpaired) electrons. The second kappa shape index (κ2) is 7.53. The van der Waals surface area contributed by atoms with E-state index in [2.05, 4.69) is 26.0 Å². The van der Waals surface area contributed by atoms with E-state index in [1.807, 2.05) is 71.0 Å². The molecular formula is C23H30O3. The zero-order valence-corrected chi connectivity index (χ0v) is 16.9. The monoisotopic (exact) mass is 354 g/mol. The molecule has 0 saturated heterocycles. The second-order valence-corrected chi connectivity index (χ2v) is 8.40. The molecule has 140 valence electrons. The van der Waals surface area contributed by atoms with E-state index in [9.17, 15) is 4.79 Å². The molecule has 2 aromatic carbocycles. The molecule has 0 aliphatic rings. The van der Waals surface area contributed by atoms with Crippen LogP contribution in [0.5, 0.6) is 5.75 Å². The zero-order chi connectivity index (χ0) is 19.5. The third-order valence-corrected chi connectivity index (χ3v) is 4.19. The zero-order valence-electron chi connectivity index (χ0n) is 16.9.